The average Bonchev–Trinajstić information content (AvgIpc) is 3.40. The zero-order chi connectivity index (χ0) is 25.8. The van der Waals surface area contributed by atoms with Gasteiger partial charge in [0.05, 0.1) is 11.0 Å². The second-order valence-electron chi connectivity index (χ2n) is 9.80. The summed E-state index contributed by atoms with van der Waals surface area (Å²) in [5.41, 5.74) is 9.17. The number of pyridine rings is 2. The highest BCUT2D eigenvalue weighted by Crippen LogP contribution is 2.42. The average molecular weight is 515 g/mol. The van der Waals surface area contributed by atoms with Crippen LogP contribution in [0.25, 0.3) is 75.4 Å². The Balaban J connectivity index is 1.34. The minimum absolute atomic E-state index is 0.957. The second kappa shape index (κ2) is 8.87. The topological polar surface area (TPSA) is 25.8 Å². The first-order valence-corrected chi connectivity index (χ1v) is 13.9. The number of hydrogen-bond acceptors (Lipinski definition) is 3. The Hall–Kier alpha value is -4.86. The maximum absolute atomic E-state index is 4.76. The minimum Gasteiger partial charge on any atom is -0.256 e. The Bertz CT molecular complexity index is 2190. The van der Waals surface area contributed by atoms with Crippen LogP contribution in [0.1, 0.15) is 0 Å². The maximum Gasteiger partial charge on any atom is 0.0802 e. The molecule has 5 aromatic carbocycles. The van der Waals surface area contributed by atoms with E-state index in [1.807, 2.05) is 29.8 Å². The van der Waals surface area contributed by atoms with Crippen molar-refractivity contribution in [3.63, 3.8) is 0 Å². The van der Waals surface area contributed by atoms with Gasteiger partial charge >= 0.3 is 0 Å². The Morgan fingerprint density at radius 3 is 2.21 bits per heavy atom. The minimum atomic E-state index is 0.957. The summed E-state index contributed by atoms with van der Waals surface area (Å²) in [6.45, 7) is 0. The van der Waals surface area contributed by atoms with Gasteiger partial charge in [0.2, 0.25) is 0 Å². The molecule has 182 valence electrons. The third-order valence-corrected chi connectivity index (χ3v) is 8.80. The van der Waals surface area contributed by atoms with Crippen LogP contribution in [0.3, 0.4) is 0 Å². The van der Waals surface area contributed by atoms with Crippen molar-refractivity contribution in [2.75, 3.05) is 0 Å². The lowest BCUT2D eigenvalue weighted by Crippen LogP contribution is -1.91. The van der Waals surface area contributed by atoms with Crippen LogP contribution >= 0.6 is 11.3 Å². The van der Waals surface area contributed by atoms with E-state index in [4.69, 9.17) is 4.98 Å². The van der Waals surface area contributed by atoms with Crippen LogP contribution in [-0.4, -0.2) is 9.97 Å². The molecule has 0 saturated carbocycles. The summed E-state index contributed by atoms with van der Waals surface area (Å²) in [6.07, 6.45) is 3.77. The van der Waals surface area contributed by atoms with Crippen molar-refractivity contribution in [2.24, 2.45) is 0 Å². The van der Waals surface area contributed by atoms with Gasteiger partial charge in [-0.15, -0.1) is 11.3 Å². The zero-order valence-electron chi connectivity index (χ0n) is 21.0. The van der Waals surface area contributed by atoms with Crippen molar-refractivity contribution in [3.8, 4) is 33.4 Å². The molecule has 8 rings (SSSR count). The molecule has 3 aromatic heterocycles. The quantitative estimate of drug-likeness (QED) is 0.219. The van der Waals surface area contributed by atoms with Crippen LogP contribution < -0.4 is 0 Å². The summed E-state index contributed by atoms with van der Waals surface area (Å²) in [6, 6.07) is 43.4. The van der Waals surface area contributed by atoms with E-state index >= 15 is 0 Å². The van der Waals surface area contributed by atoms with Crippen LogP contribution in [0.2, 0.25) is 0 Å². The molecule has 39 heavy (non-hydrogen) atoms. The van der Waals surface area contributed by atoms with Gasteiger partial charge in [0.15, 0.2) is 0 Å². The van der Waals surface area contributed by atoms with Gasteiger partial charge < -0.3 is 0 Å². The number of benzene rings is 5. The van der Waals surface area contributed by atoms with Crippen LogP contribution in [0.5, 0.6) is 0 Å². The lowest BCUT2D eigenvalue weighted by molar-refractivity contribution is 1.39. The molecule has 0 radical (unpaired) electrons. The van der Waals surface area contributed by atoms with E-state index in [9.17, 15) is 0 Å². The first-order valence-electron chi connectivity index (χ1n) is 13.1. The molecule has 3 heterocycles. The molecule has 0 unspecified atom stereocenters. The largest absolute Gasteiger partial charge is 0.256 e. The molecule has 0 spiro atoms. The van der Waals surface area contributed by atoms with E-state index in [-0.39, 0.29) is 0 Å². The number of thiophene rings is 1. The smallest absolute Gasteiger partial charge is 0.0802 e. The van der Waals surface area contributed by atoms with Gasteiger partial charge in [-0.05, 0) is 63.7 Å². The molecule has 0 atom stereocenters. The third-order valence-electron chi connectivity index (χ3n) is 7.58. The van der Waals surface area contributed by atoms with E-state index < -0.39 is 0 Å². The highest BCUT2D eigenvalue weighted by Gasteiger charge is 2.15. The van der Waals surface area contributed by atoms with Crippen molar-refractivity contribution in [1.29, 1.82) is 0 Å². The number of hydrogen-bond donors (Lipinski definition) is 0. The van der Waals surface area contributed by atoms with Gasteiger partial charge in [0, 0.05) is 43.3 Å². The zero-order valence-corrected chi connectivity index (χ0v) is 21.8. The molecule has 3 heteroatoms. The third kappa shape index (κ3) is 3.55. The maximum atomic E-state index is 4.76. The van der Waals surface area contributed by atoms with Crippen molar-refractivity contribution in [2.45, 2.75) is 0 Å². The van der Waals surface area contributed by atoms with E-state index in [1.54, 1.807) is 0 Å². The van der Waals surface area contributed by atoms with Crippen LogP contribution in [-0.2, 0) is 0 Å². The Labute approximate surface area is 229 Å². The normalized spacial score (nSPS) is 11.6. The van der Waals surface area contributed by atoms with Crippen molar-refractivity contribution >= 4 is 53.3 Å². The molecular formula is C36H22N2S. The fraction of sp³-hybridized carbons (Fsp3) is 0. The van der Waals surface area contributed by atoms with Gasteiger partial charge in [-0.1, -0.05) is 91.0 Å². The van der Waals surface area contributed by atoms with E-state index in [2.05, 4.69) is 120 Å². The molecule has 0 saturated heterocycles. The molecule has 0 aliphatic heterocycles. The van der Waals surface area contributed by atoms with Gasteiger partial charge in [0.1, 0.15) is 0 Å². The van der Waals surface area contributed by atoms with Crippen LogP contribution in [0, 0.1) is 0 Å². The van der Waals surface area contributed by atoms with Crippen molar-refractivity contribution in [3.05, 3.63) is 134 Å². The molecule has 0 aliphatic carbocycles. The predicted octanol–water partition coefficient (Wildman–Crippen LogP) is 10.2. The van der Waals surface area contributed by atoms with Crippen LogP contribution in [0.15, 0.2) is 134 Å². The molecule has 8 aromatic rings. The monoisotopic (exact) mass is 514 g/mol. The number of fused-ring (bicyclic) bond motifs is 6. The van der Waals surface area contributed by atoms with Gasteiger partial charge in [-0.3, -0.25) is 9.97 Å². The molecule has 0 bridgehead atoms. The second-order valence-corrected chi connectivity index (χ2v) is 10.9. The lowest BCUT2D eigenvalue weighted by Gasteiger charge is -2.14. The molecule has 0 amide bonds. The van der Waals surface area contributed by atoms with Gasteiger partial charge in [-0.2, -0.15) is 0 Å². The summed E-state index contributed by atoms with van der Waals surface area (Å²) >= 11 is 1.87. The first kappa shape index (κ1) is 22.2. The summed E-state index contributed by atoms with van der Waals surface area (Å²) in [5, 5.41) is 4.86. The Morgan fingerprint density at radius 2 is 1.26 bits per heavy atom. The van der Waals surface area contributed by atoms with E-state index in [1.165, 1.54) is 48.0 Å². The van der Waals surface area contributed by atoms with E-state index in [0.717, 1.165) is 27.4 Å². The molecule has 2 nitrogen and oxygen atoms in total. The first-order chi connectivity index (χ1) is 19.3. The summed E-state index contributed by atoms with van der Waals surface area (Å²) in [5.74, 6) is 0. The number of nitrogens with zero attached hydrogens (tertiary/aromatic N) is 2. The number of aromatic nitrogens is 2. The summed E-state index contributed by atoms with van der Waals surface area (Å²) in [4.78, 5) is 9.44. The predicted molar refractivity (Wildman–Crippen MR) is 166 cm³/mol. The van der Waals surface area contributed by atoms with Gasteiger partial charge in [0.25, 0.3) is 0 Å². The summed E-state index contributed by atoms with van der Waals surface area (Å²) in [7, 11) is 0. The molecule has 0 aliphatic rings. The van der Waals surface area contributed by atoms with Gasteiger partial charge in [-0.25, -0.2) is 0 Å². The molecule has 0 fully saturated rings. The highest BCUT2D eigenvalue weighted by molar-refractivity contribution is 7.26. The standard InChI is InChI=1S/C36H22N2S/c1-2-12-28(30-19-21-37-32-18-17-23-10-7-20-38-35(23)34(30)32)26(11-1)24-8-5-9-25(22-24)27-14-6-15-31-29-13-3-4-16-33(29)39-36(27)31/h1-22H. The lowest BCUT2D eigenvalue weighted by atomic mass is 9.90. The summed E-state index contributed by atoms with van der Waals surface area (Å²) < 4.78 is 2.66. The Morgan fingerprint density at radius 1 is 0.487 bits per heavy atom. The fourth-order valence-electron chi connectivity index (χ4n) is 5.81. The highest BCUT2D eigenvalue weighted by atomic mass is 32.1. The number of rotatable bonds is 3. The fourth-order valence-corrected chi connectivity index (χ4v) is 7.04. The van der Waals surface area contributed by atoms with E-state index in [0.29, 0.717) is 0 Å². The Kier molecular flexibility index (Phi) is 5.04. The van der Waals surface area contributed by atoms with Crippen molar-refractivity contribution in [1.82, 2.24) is 9.97 Å². The van der Waals surface area contributed by atoms with Crippen LogP contribution in [0.4, 0.5) is 0 Å². The van der Waals surface area contributed by atoms with Crippen molar-refractivity contribution < 1.29 is 0 Å². The molecule has 0 N–H and O–H groups in total. The SMILES string of the molecule is c1cc(-c2ccccc2-c2ccnc3ccc4cccnc4c23)cc(-c2cccc3c2sc2ccccc23)c1. The molecular weight excluding hydrogens is 492 g/mol.